The number of fused-ring (bicyclic) bond motifs is 1. The Morgan fingerprint density at radius 2 is 1.65 bits per heavy atom. The van der Waals surface area contributed by atoms with Crippen molar-refractivity contribution < 1.29 is 9.53 Å². The minimum absolute atomic E-state index is 0.287. The van der Waals surface area contributed by atoms with Gasteiger partial charge in [-0.15, -0.1) is 0 Å². The number of carbonyl (C=O) groups is 1. The lowest BCUT2D eigenvalue weighted by Crippen LogP contribution is -2.15. The minimum atomic E-state index is -0.287. The molecular formula is C17H17NO2. The fourth-order valence-electron chi connectivity index (χ4n) is 2.64. The van der Waals surface area contributed by atoms with E-state index >= 15 is 0 Å². The minimum Gasteiger partial charge on any atom is -0.465 e. The standard InChI is InChI=1S/C17H17NO2/c1-20-17(19)14-8-6-13(7-9-14)10-18-11-15-4-2-3-5-16(15)12-18/h2-9H,10-12H2,1H3. The van der Waals surface area contributed by atoms with Crippen molar-refractivity contribution >= 4 is 5.97 Å². The maximum atomic E-state index is 11.4. The predicted octanol–water partition coefficient (Wildman–Crippen LogP) is 2.99. The number of carbonyl (C=O) groups excluding carboxylic acids is 1. The summed E-state index contributed by atoms with van der Waals surface area (Å²) < 4.78 is 4.70. The summed E-state index contributed by atoms with van der Waals surface area (Å²) in [7, 11) is 1.40. The van der Waals surface area contributed by atoms with Gasteiger partial charge in [0.15, 0.2) is 0 Å². The Morgan fingerprint density at radius 1 is 1.05 bits per heavy atom. The zero-order chi connectivity index (χ0) is 13.9. The van der Waals surface area contributed by atoms with Gasteiger partial charge in [0.05, 0.1) is 12.7 Å². The molecular weight excluding hydrogens is 250 g/mol. The second-order valence-corrected chi connectivity index (χ2v) is 5.10. The van der Waals surface area contributed by atoms with E-state index in [1.165, 1.54) is 23.8 Å². The van der Waals surface area contributed by atoms with Gasteiger partial charge >= 0.3 is 5.97 Å². The molecule has 0 amide bonds. The first-order valence-electron chi connectivity index (χ1n) is 6.72. The molecule has 0 saturated heterocycles. The topological polar surface area (TPSA) is 29.5 Å². The Bertz CT molecular complexity index is 594. The Balaban J connectivity index is 1.66. The van der Waals surface area contributed by atoms with Gasteiger partial charge in [0.1, 0.15) is 0 Å². The molecule has 0 atom stereocenters. The third kappa shape index (κ3) is 2.58. The largest absolute Gasteiger partial charge is 0.465 e. The summed E-state index contributed by atoms with van der Waals surface area (Å²) in [6.45, 7) is 2.89. The number of hydrogen-bond donors (Lipinski definition) is 0. The van der Waals surface area contributed by atoms with Gasteiger partial charge in [-0.05, 0) is 28.8 Å². The molecule has 2 aromatic carbocycles. The molecule has 0 fully saturated rings. The van der Waals surface area contributed by atoms with Gasteiger partial charge in [-0.25, -0.2) is 4.79 Å². The van der Waals surface area contributed by atoms with Crippen LogP contribution < -0.4 is 0 Å². The van der Waals surface area contributed by atoms with E-state index in [1.807, 2.05) is 24.3 Å². The highest BCUT2D eigenvalue weighted by Crippen LogP contribution is 2.23. The summed E-state index contributed by atoms with van der Waals surface area (Å²) >= 11 is 0. The van der Waals surface area contributed by atoms with Gasteiger partial charge in [-0.2, -0.15) is 0 Å². The molecule has 0 aliphatic carbocycles. The average molecular weight is 267 g/mol. The van der Waals surface area contributed by atoms with Crippen molar-refractivity contribution in [2.24, 2.45) is 0 Å². The predicted molar refractivity (Wildman–Crippen MR) is 77.2 cm³/mol. The average Bonchev–Trinajstić information content (AvgIpc) is 2.89. The van der Waals surface area contributed by atoms with Crippen LogP contribution in [0.2, 0.25) is 0 Å². The van der Waals surface area contributed by atoms with Gasteiger partial charge in [-0.1, -0.05) is 36.4 Å². The van der Waals surface area contributed by atoms with E-state index in [0.717, 1.165) is 19.6 Å². The van der Waals surface area contributed by atoms with Crippen LogP contribution in [0, 0.1) is 0 Å². The second-order valence-electron chi connectivity index (χ2n) is 5.10. The quantitative estimate of drug-likeness (QED) is 0.801. The van der Waals surface area contributed by atoms with Crippen LogP contribution in [0.3, 0.4) is 0 Å². The van der Waals surface area contributed by atoms with Crippen LogP contribution in [0.25, 0.3) is 0 Å². The van der Waals surface area contributed by atoms with E-state index in [1.54, 1.807) is 0 Å². The highest BCUT2D eigenvalue weighted by Gasteiger charge is 2.18. The zero-order valence-electron chi connectivity index (χ0n) is 11.5. The maximum absolute atomic E-state index is 11.4. The van der Waals surface area contributed by atoms with E-state index in [2.05, 4.69) is 29.2 Å². The Kier molecular flexibility index (Phi) is 3.52. The highest BCUT2D eigenvalue weighted by molar-refractivity contribution is 5.89. The Morgan fingerprint density at radius 3 is 2.20 bits per heavy atom. The monoisotopic (exact) mass is 267 g/mol. The summed E-state index contributed by atoms with van der Waals surface area (Å²) in [6, 6.07) is 16.2. The molecule has 0 saturated carbocycles. The summed E-state index contributed by atoms with van der Waals surface area (Å²) in [5.74, 6) is -0.287. The van der Waals surface area contributed by atoms with Crippen molar-refractivity contribution in [3.63, 3.8) is 0 Å². The maximum Gasteiger partial charge on any atom is 0.337 e. The lowest BCUT2D eigenvalue weighted by atomic mass is 10.1. The van der Waals surface area contributed by atoms with Gasteiger partial charge in [0, 0.05) is 19.6 Å². The third-order valence-corrected chi connectivity index (χ3v) is 3.69. The molecule has 0 radical (unpaired) electrons. The number of nitrogens with zero attached hydrogens (tertiary/aromatic N) is 1. The van der Waals surface area contributed by atoms with Crippen molar-refractivity contribution in [3.8, 4) is 0 Å². The molecule has 3 nitrogen and oxygen atoms in total. The number of rotatable bonds is 3. The van der Waals surface area contributed by atoms with E-state index in [9.17, 15) is 4.79 Å². The molecule has 1 aliphatic rings. The van der Waals surface area contributed by atoms with Crippen molar-refractivity contribution in [2.75, 3.05) is 7.11 Å². The number of esters is 1. The van der Waals surface area contributed by atoms with Gasteiger partial charge in [0.25, 0.3) is 0 Å². The van der Waals surface area contributed by atoms with Crippen molar-refractivity contribution in [3.05, 3.63) is 70.8 Å². The van der Waals surface area contributed by atoms with E-state index in [-0.39, 0.29) is 5.97 Å². The van der Waals surface area contributed by atoms with Crippen LogP contribution in [0.4, 0.5) is 0 Å². The Labute approximate surface area is 118 Å². The molecule has 102 valence electrons. The van der Waals surface area contributed by atoms with Crippen LogP contribution >= 0.6 is 0 Å². The lowest BCUT2D eigenvalue weighted by molar-refractivity contribution is 0.0600. The molecule has 0 spiro atoms. The molecule has 0 N–H and O–H groups in total. The number of ether oxygens (including phenoxy) is 1. The van der Waals surface area contributed by atoms with Crippen molar-refractivity contribution in [2.45, 2.75) is 19.6 Å². The van der Waals surface area contributed by atoms with Gasteiger partial charge in [0.2, 0.25) is 0 Å². The van der Waals surface area contributed by atoms with Crippen molar-refractivity contribution in [1.82, 2.24) is 4.90 Å². The highest BCUT2D eigenvalue weighted by atomic mass is 16.5. The lowest BCUT2D eigenvalue weighted by Gasteiger charge is -2.14. The molecule has 0 unspecified atom stereocenters. The number of methoxy groups -OCH3 is 1. The normalized spacial score (nSPS) is 14.1. The van der Waals surface area contributed by atoms with Crippen LogP contribution in [-0.4, -0.2) is 18.0 Å². The summed E-state index contributed by atoms with van der Waals surface area (Å²) in [4.78, 5) is 13.8. The molecule has 1 heterocycles. The summed E-state index contributed by atoms with van der Waals surface area (Å²) in [5.41, 5.74) is 4.64. The first kappa shape index (κ1) is 12.9. The number of benzene rings is 2. The molecule has 3 rings (SSSR count). The third-order valence-electron chi connectivity index (χ3n) is 3.69. The van der Waals surface area contributed by atoms with Crippen molar-refractivity contribution in [1.29, 1.82) is 0 Å². The first-order chi connectivity index (χ1) is 9.76. The Hall–Kier alpha value is -2.13. The van der Waals surface area contributed by atoms with E-state index < -0.39 is 0 Å². The smallest absolute Gasteiger partial charge is 0.337 e. The summed E-state index contributed by atoms with van der Waals surface area (Å²) in [6.07, 6.45) is 0. The fraction of sp³-hybridized carbons (Fsp3) is 0.235. The molecule has 1 aliphatic heterocycles. The number of hydrogen-bond acceptors (Lipinski definition) is 3. The first-order valence-corrected chi connectivity index (χ1v) is 6.72. The van der Waals surface area contributed by atoms with Crippen LogP contribution in [0.15, 0.2) is 48.5 Å². The zero-order valence-corrected chi connectivity index (χ0v) is 11.5. The summed E-state index contributed by atoms with van der Waals surface area (Å²) in [5, 5.41) is 0. The second kappa shape index (κ2) is 5.47. The SMILES string of the molecule is COC(=O)c1ccc(CN2Cc3ccccc3C2)cc1. The molecule has 3 heteroatoms. The fourth-order valence-corrected chi connectivity index (χ4v) is 2.64. The molecule has 2 aromatic rings. The van der Waals surface area contributed by atoms with Crippen LogP contribution in [0.5, 0.6) is 0 Å². The van der Waals surface area contributed by atoms with E-state index in [4.69, 9.17) is 4.74 Å². The van der Waals surface area contributed by atoms with Crippen LogP contribution in [0.1, 0.15) is 27.0 Å². The van der Waals surface area contributed by atoms with Gasteiger partial charge in [-0.3, -0.25) is 4.90 Å². The molecule has 20 heavy (non-hydrogen) atoms. The van der Waals surface area contributed by atoms with Crippen LogP contribution in [-0.2, 0) is 24.4 Å². The molecule has 0 aromatic heterocycles. The van der Waals surface area contributed by atoms with Gasteiger partial charge < -0.3 is 4.74 Å². The molecule has 0 bridgehead atoms. The van der Waals surface area contributed by atoms with E-state index in [0.29, 0.717) is 5.56 Å².